The summed E-state index contributed by atoms with van der Waals surface area (Å²) in [5, 5.41) is 0. The number of ether oxygens (including phenoxy) is 1. The van der Waals surface area contributed by atoms with Crippen molar-refractivity contribution in [3.05, 3.63) is 38.0 Å². The Balaban J connectivity index is 1.90. The first-order valence-corrected chi connectivity index (χ1v) is 17.7. The summed E-state index contributed by atoms with van der Waals surface area (Å²) in [6.45, 7) is 22.1. The molecule has 3 fully saturated rings. The molecule has 3 nitrogen and oxygen atoms in total. The predicted octanol–water partition coefficient (Wildman–Crippen LogP) is 6.46. The molecule has 1 saturated heterocycles. The Morgan fingerprint density at radius 1 is 0.966 bits per heavy atom. The molecule has 0 unspecified atom stereocenters. The largest absolute Gasteiger partial charge is 0.414 e. The van der Waals surface area contributed by atoms with Crippen LogP contribution < -0.4 is 0 Å². The molecular weight excluding hydrogens is 392 g/mol. The molecule has 1 aliphatic heterocycles. The van der Waals surface area contributed by atoms with Gasteiger partial charge in [0.2, 0.25) is 0 Å². The van der Waals surface area contributed by atoms with E-state index in [1.54, 1.807) is 0 Å². The fourth-order valence-electron chi connectivity index (χ4n) is 6.58. The van der Waals surface area contributed by atoms with E-state index in [9.17, 15) is 0 Å². The Bertz CT molecular complexity index is 632. The van der Waals surface area contributed by atoms with Crippen molar-refractivity contribution >= 4 is 16.6 Å². The van der Waals surface area contributed by atoms with Gasteiger partial charge in [-0.1, -0.05) is 18.2 Å². The van der Waals surface area contributed by atoms with Gasteiger partial charge in [-0.3, -0.25) is 0 Å². The molecule has 0 aromatic rings. The molecule has 5 heteroatoms. The van der Waals surface area contributed by atoms with E-state index in [-0.39, 0.29) is 17.3 Å². The zero-order valence-electron chi connectivity index (χ0n) is 19.2. The van der Waals surface area contributed by atoms with E-state index in [0.29, 0.717) is 11.8 Å². The molecule has 1 spiro atoms. The van der Waals surface area contributed by atoms with Gasteiger partial charge in [0.1, 0.15) is 5.60 Å². The lowest BCUT2D eigenvalue weighted by Crippen LogP contribution is -2.60. The van der Waals surface area contributed by atoms with Crippen LogP contribution in [0.3, 0.4) is 0 Å². The number of allylic oxidation sites excluding steroid dienone is 3. The van der Waals surface area contributed by atoms with Gasteiger partial charge in [-0.15, -0.1) is 19.7 Å². The van der Waals surface area contributed by atoms with Crippen LogP contribution >= 0.6 is 0 Å². The Kier molecular flexibility index (Phi) is 6.86. The Morgan fingerprint density at radius 2 is 1.66 bits per heavy atom. The average Bonchev–Trinajstić information content (AvgIpc) is 3.02. The SMILES string of the molecule is C=CC[C@@H]1C[C@]2(O[Si](C)(C)CC=C)CCO[C@@]23C[C@H](O[Si](C)(C)CC=C)CC[C@H]13. The van der Waals surface area contributed by atoms with Crippen LogP contribution in [0.25, 0.3) is 0 Å². The second-order valence-corrected chi connectivity index (χ2v) is 19.0. The smallest absolute Gasteiger partial charge is 0.191 e. The molecule has 0 aromatic heterocycles. The van der Waals surface area contributed by atoms with Crippen LogP contribution in [0.5, 0.6) is 0 Å². The van der Waals surface area contributed by atoms with E-state index in [4.69, 9.17) is 13.6 Å². The van der Waals surface area contributed by atoms with Gasteiger partial charge < -0.3 is 13.6 Å². The third-order valence-electron chi connectivity index (χ3n) is 7.43. The van der Waals surface area contributed by atoms with Crippen LogP contribution in [0, 0.1) is 11.8 Å². The van der Waals surface area contributed by atoms with Crippen LogP contribution in [0.15, 0.2) is 38.0 Å². The van der Waals surface area contributed by atoms with Crippen molar-refractivity contribution in [1.82, 2.24) is 0 Å². The van der Waals surface area contributed by atoms with E-state index in [0.717, 1.165) is 50.8 Å². The zero-order chi connectivity index (χ0) is 21.3. The second-order valence-electron chi connectivity index (χ2n) is 10.7. The molecule has 5 atom stereocenters. The van der Waals surface area contributed by atoms with Crippen molar-refractivity contribution in [2.24, 2.45) is 11.8 Å². The minimum absolute atomic E-state index is 0.157. The normalized spacial score (nSPS) is 37.0. The third kappa shape index (κ3) is 4.45. The van der Waals surface area contributed by atoms with Crippen molar-refractivity contribution < 1.29 is 13.6 Å². The van der Waals surface area contributed by atoms with Gasteiger partial charge in [0.05, 0.1) is 12.2 Å². The van der Waals surface area contributed by atoms with Crippen LogP contribution in [0.4, 0.5) is 0 Å². The second kappa shape index (κ2) is 8.58. The van der Waals surface area contributed by atoms with Crippen molar-refractivity contribution in [3.63, 3.8) is 0 Å². The standard InChI is InChI=1S/C24H42O3Si2/c1-8-11-20-18-23(27-29(6,7)17-10-3)14-15-25-24(23)19-21(12-13-22(20)24)26-28(4,5)16-9-2/h8-10,20-22H,1-3,11-19H2,4-7H3/t20-,21-,22-,23-,24-/m1/s1. The first kappa shape index (κ1) is 23.2. The summed E-state index contributed by atoms with van der Waals surface area (Å²) in [4.78, 5) is 0. The van der Waals surface area contributed by atoms with Crippen LogP contribution in [-0.2, 0) is 13.6 Å². The van der Waals surface area contributed by atoms with Crippen LogP contribution in [0.1, 0.15) is 38.5 Å². The van der Waals surface area contributed by atoms with Gasteiger partial charge in [-0.2, -0.15) is 0 Å². The summed E-state index contributed by atoms with van der Waals surface area (Å²) < 4.78 is 20.6. The molecule has 3 rings (SSSR count). The van der Waals surface area contributed by atoms with E-state index in [2.05, 4.69) is 52.0 Å². The van der Waals surface area contributed by atoms with Gasteiger partial charge >= 0.3 is 0 Å². The van der Waals surface area contributed by atoms with Crippen molar-refractivity contribution in [1.29, 1.82) is 0 Å². The quantitative estimate of drug-likeness (QED) is 0.291. The highest BCUT2D eigenvalue weighted by Gasteiger charge is 2.70. The minimum Gasteiger partial charge on any atom is -0.414 e. The molecule has 164 valence electrons. The maximum absolute atomic E-state index is 7.16. The topological polar surface area (TPSA) is 27.7 Å². The van der Waals surface area contributed by atoms with Gasteiger partial charge in [-0.25, -0.2) is 0 Å². The molecule has 0 radical (unpaired) electrons. The molecule has 0 bridgehead atoms. The molecule has 1 heterocycles. The highest BCUT2D eigenvalue weighted by molar-refractivity contribution is 6.72. The minimum atomic E-state index is -1.85. The monoisotopic (exact) mass is 434 g/mol. The number of hydrogen-bond acceptors (Lipinski definition) is 3. The molecular formula is C24H42O3Si2. The van der Waals surface area contributed by atoms with E-state index in [1.807, 2.05) is 12.2 Å². The van der Waals surface area contributed by atoms with E-state index < -0.39 is 16.6 Å². The zero-order valence-corrected chi connectivity index (χ0v) is 21.2. The van der Waals surface area contributed by atoms with Crippen LogP contribution in [0.2, 0.25) is 38.3 Å². The van der Waals surface area contributed by atoms with Crippen LogP contribution in [-0.4, -0.2) is 40.5 Å². The van der Waals surface area contributed by atoms with Crippen molar-refractivity contribution in [2.75, 3.05) is 6.61 Å². The summed E-state index contributed by atoms with van der Waals surface area (Å²) in [7, 11) is -3.58. The van der Waals surface area contributed by atoms with Gasteiger partial charge in [0.25, 0.3) is 0 Å². The molecule has 0 amide bonds. The number of hydrogen-bond donors (Lipinski definition) is 0. The fourth-order valence-corrected chi connectivity index (χ4v) is 10.7. The molecule has 2 saturated carbocycles. The highest BCUT2D eigenvalue weighted by Crippen LogP contribution is 2.63. The lowest BCUT2D eigenvalue weighted by Gasteiger charge is -2.50. The van der Waals surface area contributed by atoms with E-state index in [1.165, 1.54) is 6.42 Å². The average molecular weight is 435 g/mol. The van der Waals surface area contributed by atoms with Gasteiger partial charge in [-0.05, 0) is 75.8 Å². The lowest BCUT2D eigenvalue weighted by molar-refractivity contribution is -0.152. The first-order chi connectivity index (χ1) is 13.6. The molecule has 0 aromatic carbocycles. The summed E-state index contributed by atoms with van der Waals surface area (Å²) in [6, 6.07) is 1.99. The lowest BCUT2D eigenvalue weighted by atomic mass is 9.69. The van der Waals surface area contributed by atoms with Gasteiger partial charge in [0, 0.05) is 18.9 Å². The maximum atomic E-state index is 7.16. The number of rotatable bonds is 10. The molecule has 0 N–H and O–H groups in total. The molecule has 3 aliphatic rings. The predicted molar refractivity (Wildman–Crippen MR) is 127 cm³/mol. The fraction of sp³-hybridized carbons (Fsp3) is 0.750. The Hall–Kier alpha value is -0.466. The summed E-state index contributed by atoms with van der Waals surface area (Å²) in [5.41, 5.74) is -0.343. The molecule has 2 aliphatic carbocycles. The van der Waals surface area contributed by atoms with E-state index >= 15 is 0 Å². The Labute approximate surface area is 180 Å². The summed E-state index contributed by atoms with van der Waals surface area (Å²) >= 11 is 0. The maximum Gasteiger partial charge on any atom is 0.191 e. The molecule has 29 heavy (non-hydrogen) atoms. The first-order valence-electron chi connectivity index (χ1n) is 11.5. The Morgan fingerprint density at radius 3 is 2.31 bits per heavy atom. The van der Waals surface area contributed by atoms with Crippen molar-refractivity contribution in [3.8, 4) is 0 Å². The highest BCUT2D eigenvalue weighted by atomic mass is 28.4. The van der Waals surface area contributed by atoms with Crippen molar-refractivity contribution in [2.45, 2.75) is 94.1 Å². The summed E-state index contributed by atoms with van der Waals surface area (Å²) in [5.74, 6) is 1.17. The van der Waals surface area contributed by atoms with Gasteiger partial charge in [0.15, 0.2) is 16.6 Å². The third-order valence-corrected chi connectivity index (χ3v) is 11.9. The summed E-state index contributed by atoms with van der Waals surface area (Å²) in [6.07, 6.45) is 12.9.